The Morgan fingerprint density at radius 1 is 1.40 bits per heavy atom. The second-order valence-corrected chi connectivity index (χ2v) is 4.64. The summed E-state index contributed by atoms with van der Waals surface area (Å²) in [4.78, 5) is 23.4. The molecule has 112 valence electrons. The Labute approximate surface area is 118 Å². The maximum absolute atomic E-state index is 11.9. The summed E-state index contributed by atoms with van der Waals surface area (Å²) in [6.45, 7) is 5.96. The van der Waals surface area contributed by atoms with E-state index in [1.807, 2.05) is 13.8 Å². The van der Waals surface area contributed by atoms with Crippen molar-refractivity contribution in [2.24, 2.45) is 0 Å². The summed E-state index contributed by atoms with van der Waals surface area (Å²) in [6.07, 6.45) is 2.49. The van der Waals surface area contributed by atoms with E-state index in [2.05, 4.69) is 27.3 Å². The molecule has 1 heterocycles. The predicted molar refractivity (Wildman–Crippen MR) is 73.3 cm³/mol. The van der Waals surface area contributed by atoms with Crippen molar-refractivity contribution in [3.8, 4) is 0 Å². The molecule has 1 N–H and O–H groups in total. The molecule has 1 aromatic rings. The van der Waals surface area contributed by atoms with E-state index in [1.54, 1.807) is 0 Å². The van der Waals surface area contributed by atoms with E-state index in [4.69, 9.17) is 0 Å². The van der Waals surface area contributed by atoms with Gasteiger partial charge in [0.05, 0.1) is 12.8 Å². The van der Waals surface area contributed by atoms with Gasteiger partial charge in [0.15, 0.2) is 5.69 Å². The predicted octanol–water partition coefficient (Wildman–Crippen LogP) is 0.932. The van der Waals surface area contributed by atoms with Gasteiger partial charge in [-0.2, -0.15) is 0 Å². The van der Waals surface area contributed by atoms with E-state index in [0.717, 1.165) is 12.8 Å². The molecule has 0 aliphatic carbocycles. The Morgan fingerprint density at radius 2 is 2.10 bits per heavy atom. The number of carbonyl (C=O) groups is 2. The van der Waals surface area contributed by atoms with E-state index in [1.165, 1.54) is 11.8 Å². The van der Waals surface area contributed by atoms with Crippen LogP contribution in [0.2, 0.25) is 0 Å². The van der Waals surface area contributed by atoms with Crippen molar-refractivity contribution in [1.82, 2.24) is 20.3 Å². The first-order valence-corrected chi connectivity index (χ1v) is 6.83. The van der Waals surface area contributed by atoms with Crippen molar-refractivity contribution in [2.75, 3.05) is 7.11 Å². The van der Waals surface area contributed by atoms with Crippen molar-refractivity contribution in [3.63, 3.8) is 0 Å². The van der Waals surface area contributed by atoms with Gasteiger partial charge in [-0.15, -0.1) is 5.10 Å². The fourth-order valence-corrected chi connectivity index (χ4v) is 2.03. The smallest absolute Gasteiger partial charge is 0.360 e. The van der Waals surface area contributed by atoms with E-state index < -0.39 is 5.97 Å². The number of ether oxygens (including phenoxy) is 1. The molecule has 7 heteroatoms. The monoisotopic (exact) mass is 282 g/mol. The summed E-state index contributed by atoms with van der Waals surface area (Å²) in [5.41, 5.74) is 0.777. The maximum Gasteiger partial charge on any atom is 0.360 e. The quantitative estimate of drug-likeness (QED) is 0.752. The Kier molecular flexibility index (Phi) is 6.14. The van der Waals surface area contributed by atoms with Crippen LogP contribution in [0.3, 0.4) is 0 Å². The maximum atomic E-state index is 11.9. The number of rotatable bonds is 7. The molecule has 1 rings (SSSR count). The number of hydrogen-bond donors (Lipinski definition) is 1. The molecule has 0 spiro atoms. The van der Waals surface area contributed by atoms with Crippen molar-refractivity contribution in [3.05, 3.63) is 11.4 Å². The molecular weight excluding hydrogens is 260 g/mol. The van der Waals surface area contributed by atoms with Crippen LogP contribution in [0.15, 0.2) is 0 Å². The number of esters is 1. The van der Waals surface area contributed by atoms with Crippen LogP contribution in [0.25, 0.3) is 0 Å². The van der Waals surface area contributed by atoms with Gasteiger partial charge in [0.2, 0.25) is 5.91 Å². The van der Waals surface area contributed by atoms with Crippen LogP contribution in [-0.4, -0.2) is 40.0 Å². The molecular formula is C13H22N4O3. The molecule has 7 nitrogen and oxygen atoms in total. The summed E-state index contributed by atoms with van der Waals surface area (Å²) < 4.78 is 6.08. The van der Waals surface area contributed by atoms with Crippen molar-refractivity contribution in [1.29, 1.82) is 0 Å². The molecule has 0 radical (unpaired) electrons. The minimum Gasteiger partial charge on any atom is -0.464 e. The van der Waals surface area contributed by atoms with Crippen molar-refractivity contribution < 1.29 is 14.3 Å². The van der Waals surface area contributed by atoms with Crippen LogP contribution >= 0.6 is 0 Å². The Bertz CT molecular complexity index is 470. The van der Waals surface area contributed by atoms with Crippen LogP contribution in [0.4, 0.5) is 0 Å². The average Bonchev–Trinajstić information content (AvgIpc) is 2.80. The van der Waals surface area contributed by atoms with Crippen molar-refractivity contribution in [2.45, 2.75) is 52.6 Å². The number of methoxy groups -OCH3 is 1. The third-order valence-corrected chi connectivity index (χ3v) is 2.97. The van der Waals surface area contributed by atoms with E-state index in [-0.39, 0.29) is 24.2 Å². The lowest BCUT2D eigenvalue weighted by Gasteiger charge is -2.13. The van der Waals surface area contributed by atoms with Gasteiger partial charge in [-0.25, -0.2) is 9.48 Å². The third kappa shape index (κ3) is 4.04. The Balaban J connectivity index is 2.75. The Hall–Kier alpha value is -1.92. The second kappa shape index (κ2) is 7.62. The summed E-state index contributed by atoms with van der Waals surface area (Å²) in [5, 5.41) is 10.5. The molecule has 0 aliphatic heterocycles. The number of aromatic nitrogens is 3. The van der Waals surface area contributed by atoms with Crippen LogP contribution in [0.1, 0.15) is 49.8 Å². The number of hydrogen-bond acceptors (Lipinski definition) is 5. The lowest BCUT2D eigenvalue weighted by atomic mass is 10.2. The van der Waals surface area contributed by atoms with Gasteiger partial charge in [0, 0.05) is 6.04 Å². The first-order chi connectivity index (χ1) is 9.53. The fraction of sp³-hybridized carbons (Fsp3) is 0.692. The highest BCUT2D eigenvalue weighted by Crippen LogP contribution is 2.08. The lowest BCUT2D eigenvalue weighted by Crippen LogP contribution is -2.35. The van der Waals surface area contributed by atoms with Crippen LogP contribution in [0.5, 0.6) is 0 Å². The average molecular weight is 282 g/mol. The SMILES string of the molecule is CCCC(C)NC(=O)Cn1nnc(C(=O)OC)c1CC. The Morgan fingerprint density at radius 3 is 2.65 bits per heavy atom. The minimum atomic E-state index is -0.534. The zero-order chi connectivity index (χ0) is 15.1. The summed E-state index contributed by atoms with van der Waals surface area (Å²) in [5.74, 6) is -0.671. The number of carbonyl (C=O) groups excluding carboxylic acids is 2. The van der Waals surface area contributed by atoms with Gasteiger partial charge in [-0.1, -0.05) is 25.5 Å². The third-order valence-electron chi connectivity index (χ3n) is 2.97. The summed E-state index contributed by atoms with van der Waals surface area (Å²) in [6, 6.07) is 0.126. The first-order valence-electron chi connectivity index (χ1n) is 6.83. The molecule has 0 saturated heterocycles. The lowest BCUT2D eigenvalue weighted by molar-refractivity contribution is -0.122. The highest BCUT2D eigenvalue weighted by Gasteiger charge is 2.20. The highest BCUT2D eigenvalue weighted by atomic mass is 16.5. The normalized spacial score (nSPS) is 12.0. The van der Waals surface area contributed by atoms with Crippen molar-refractivity contribution >= 4 is 11.9 Å². The van der Waals surface area contributed by atoms with Gasteiger partial charge in [0.1, 0.15) is 6.54 Å². The summed E-state index contributed by atoms with van der Waals surface area (Å²) in [7, 11) is 1.29. The zero-order valence-corrected chi connectivity index (χ0v) is 12.5. The molecule has 20 heavy (non-hydrogen) atoms. The molecule has 1 aromatic heterocycles. The van der Waals surface area contributed by atoms with E-state index in [9.17, 15) is 9.59 Å². The number of amides is 1. The molecule has 1 atom stereocenters. The zero-order valence-electron chi connectivity index (χ0n) is 12.5. The largest absolute Gasteiger partial charge is 0.464 e. The van der Waals surface area contributed by atoms with E-state index in [0.29, 0.717) is 12.1 Å². The topological polar surface area (TPSA) is 86.1 Å². The van der Waals surface area contributed by atoms with Gasteiger partial charge in [-0.05, 0) is 19.8 Å². The van der Waals surface area contributed by atoms with Crippen LogP contribution in [-0.2, 0) is 22.5 Å². The van der Waals surface area contributed by atoms with Crippen LogP contribution in [0, 0.1) is 0 Å². The number of nitrogens with zero attached hydrogens (tertiary/aromatic N) is 3. The van der Waals surface area contributed by atoms with Gasteiger partial charge in [0.25, 0.3) is 0 Å². The fourth-order valence-electron chi connectivity index (χ4n) is 2.03. The highest BCUT2D eigenvalue weighted by molar-refractivity contribution is 5.88. The first kappa shape index (κ1) is 16.1. The molecule has 1 unspecified atom stereocenters. The summed E-state index contributed by atoms with van der Waals surface area (Å²) >= 11 is 0. The molecule has 0 bridgehead atoms. The molecule has 0 saturated carbocycles. The molecule has 0 aromatic carbocycles. The van der Waals surface area contributed by atoms with Gasteiger partial charge < -0.3 is 10.1 Å². The van der Waals surface area contributed by atoms with Gasteiger partial charge in [-0.3, -0.25) is 4.79 Å². The molecule has 0 aliphatic rings. The number of nitrogens with one attached hydrogen (secondary N) is 1. The molecule has 1 amide bonds. The minimum absolute atomic E-state index is 0.0568. The second-order valence-electron chi connectivity index (χ2n) is 4.64. The standard InChI is InChI=1S/C13H22N4O3/c1-5-7-9(3)14-11(18)8-17-10(6-2)12(15-16-17)13(19)20-4/h9H,5-8H2,1-4H3,(H,14,18). The van der Waals surface area contributed by atoms with E-state index >= 15 is 0 Å². The van der Waals surface area contributed by atoms with Gasteiger partial charge >= 0.3 is 5.97 Å². The van der Waals surface area contributed by atoms with Crippen LogP contribution < -0.4 is 5.32 Å². The molecule has 0 fully saturated rings.